The van der Waals surface area contributed by atoms with Gasteiger partial charge in [0.05, 0.1) is 25.4 Å². The van der Waals surface area contributed by atoms with Crippen molar-refractivity contribution in [2.45, 2.75) is 45.6 Å². The Balaban J connectivity index is 1.94. The second-order valence-corrected chi connectivity index (χ2v) is 6.88. The van der Waals surface area contributed by atoms with Gasteiger partial charge in [0.15, 0.2) is 0 Å². The minimum atomic E-state index is -0.391. The SMILES string of the molecule is COc1ccc([C@@H](C)OC(=O)Cc2ccc(C(C)(C)C)cc2)nc1. The molecule has 1 atom stereocenters. The highest BCUT2D eigenvalue weighted by Crippen LogP contribution is 2.23. The van der Waals surface area contributed by atoms with Crippen LogP contribution in [0.4, 0.5) is 0 Å². The summed E-state index contributed by atoms with van der Waals surface area (Å²) in [5, 5.41) is 0. The average Bonchev–Trinajstić information content (AvgIpc) is 2.54. The van der Waals surface area contributed by atoms with Gasteiger partial charge in [-0.05, 0) is 35.6 Å². The maximum Gasteiger partial charge on any atom is 0.310 e. The van der Waals surface area contributed by atoms with Crippen LogP contribution in [0, 0.1) is 0 Å². The zero-order chi connectivity index (χ0) is 17.7. The molecule has 2 rings (SSSR count). The zero-order valence-electron chi connectivity index (χ0n) is 15.0. The molecular weight excluding hydrogens is 302 g/mol. The van der Waals surface area contributed by atoms with E-state index in [-0.39, 0.29) is 17.8 Å². The van der Waals surface area contributed by atoms with E-state index in [0.717, 1.165) is 5.56 Å². The third kappa shape index (κ3) is 4.82. The maximum absolute atomic E-state index is 12.1. The van der Waals surface area contributed by atoms with Crippen LogP contribution in [0.2, 0.25) is 0 Å². The molecule has 0 aliphatic carbocycles. The molecule has 0 bridgehead atoms. The monoisotopic (exact) mass is 327 g/mol. The molecule has 24 heavy (non-hydrogen) atoms. The first kappa shape index (κ1) is 18.0. The second kappa shape index (κ2) is 7.47. The van der Waals surface area contributed by atoms with Crippen molar-refractivity contribution in [1.82, 2.24) is 4.98 Å². The van der Waals surface area contributed by atoms with Crippen LogP contribution in [-0.4, -0.2) is 18.1 Å². The Morgan fingerprint density at radius 1 is 1.12 bits per heavy atom. The molecular formula is C20H25NO3. The van der Waals surface area contributed by atoms with E-state index in [1.165, 1.54) is 5.56 Å². The van der Waals surface area contributed by atoms with Gasteiger partial charge in [-0.1, -0.05) is 45.0 Å². The molecule has 0 radical (unpaired) electrons. The van der Waals surface area contributed by atoms with E-state index in [1.54, 1.807) is 25.4 Å². The molecule has 128 valence electrons. The fraction of sp³-hybridized carbons (Fsp3) is 0.400. The lowest BCUT2D eigenvalue weighted by atomic mass is 9.86. The van der Waals surface area contributed by atoms with E-state index in [0.29, 0.717) is 11.4 Å². The van der Waals surface area contributed by atoms with Crippen molar-refractivity contribution in [3.63, 3.8) is 0 Å². The topological polar surface area (TPSA) is 48.4 Å². The Labute approximate surface area is 143 Å². The quantitative estimate of drug-likeness (QED) is 0.771. The summed E-state index contributed by atoms with van der Waals surface area (Å²) in [6.07, 6.45) is 1.48. The number of rotatable bonds is 5. The number of aromatic nitrogens is 1. The average molecular weight is 327 g/mol. The van der Waals surface area contributed by atoms with E-state index >= 15 is 0 Å². The molecule has 0 amide bonds. The third-order valence-corrected chi connectivity index (χ3v) is 3.89. The van der Waals surface area contributed by atoms with Gasteiger partial charge in [0, 0.05) is 0 Å². The Morgan fingerprint density at radius 3 is 2.29 bits per heavy atom. The molecule has 1 aromatic carbocycles. The van der Waals surface area contributed by atoms with Crippen LogP contribution in [0.25, 0.3) is 0 Å². The molecule has 1 heterocycles. The highest BCUT2D eigenvalue weighted by molar-refractivity contribution is 5.72. The maximum atomic E-state index is 12.1. The molecule has 1 aromatic heterocycles. The third-order valence-electron chi connectivity index (χ3n) is 3.89. The van der Waals surface area contributed by atoms with E-state index in [9.17, 15) is 4.79 Å². The Hall–Kier alpha value is -2.36. The summed E-state index contributed by atoms with van der Waals surface area (Å²) in [5.41, 5.74) is 3.00. The first-order chi connectivity index (χ1) is 11.3. The fourth-order valence-corrected chi connectivity index (χ4v) is 2.34. The summed E-state index contributed by atoms with van der Waals surface area (Å²) in [6, 6.07) is 11.7. The number of nitrogens with zero attached hydrogens (tertiary/aromatic N) is 1. The summed E-state index contributed by atoms with van der Waals surface area (Å²) in [4.78, 5) is 16.4. The van der Waals surface area contributed by atoms with Gasteiger partial charge < -0.3 is 9.47 Å². The predicted octanol–water partition coefficient (Wildman–Crippen LogP) is 4.23. The molecule has 4 nitrogen and oxygen atoms in total. The summed E-state index contributed by atoms with van der Waals surface area (Å²) >= 11 is 0. The van der Waals surface area contributed by atoms with Gasteiger partial charge in [-0.25, -0.2) is 0 Å². The van der Waals surface area contributed by atoms with Crippen LogP contribution >= 0.6 is 0 Å². The van der Waals surface area contributed by atoms with Gasteiger partial charge in [0.25, 0.3) is 0 Å². The molecule has 0 spiro atoms. The van der Waals surface area contributed by atoms with Gasteiger partial charge in [-0.2, -0.15) is 0 Å². The van der Waals surface area contributed by atoms with Gasteiger partial charge in [-0.3, -0.25) is 9.78 Å². The molecule has 0 unspecified atom stereocenters. The van der Waals surface area contributed by atoms with Crippen molar-refractivity contribution < 1.29 is 14.3 Å². The lowest BCUT2D eigenvalue weighted by Crippen LogP contribution is -2.13. The number of pyridine rings is 1. The van der Waals surface area contributed by atoms with Crippen LogP contribution < -0.4 is 4.74 Å². The van der Waals surface area contributed by atoms with Crippen molar-refractivity contribution in [2.75, 3.05) is 7.11 Å². The molecule has 2 aromatic rings. The molecule has 0 saturated carbocycles. The fourth-order valence-electron chi connectivity index (χ4n) is 2.34. The number of hydrogen-bond acceptors (Lipinski definition) is 4. The minimum absolute atomic E-state index is 0.105. The van der Waals surface area contributed by atoms with Gasteiger partial charge in [0.1, 0.15) is 11.9 Å². The molecule has 4 heteroatoms. The van der Waals surface area contributed by atoms with E-state index < -0.39 is 6.10 Å². The number of esters is 1. The van der Waals surface area contributed by atoms with Crippen molar-refractivity contribution in [3.8, 4) is 5.75 Å². The van der Waals surface area contributed by atoms with Gasteiger partial charge in [-0.15, -0.1) is 0 Å². The smallest absolute Gasteiger partial charge is 0.310 e. The molecule has 0 aliphatic heterocycles. The number of carbonyl (C=O) groups excluding carboxylic acids is 1. The highest BCUT2D eigenvalue weighted by Gasteiger charge is 2.15. The highest BCUT2D eigenvalue weighted by atomic mass is 16.5. The Morgan fingerprint density at radius 2 is 1.79 bits per heavy atom. The van der Waals surface area contributed by atoms with E-state index in [4.69, 9.17) is 9.47 Å². The number of methoxy groups -OCH3 is 1. The van der Waals surface area contributed by atoms with E-state index in [1.807, 2.05) is 19.1 Å². The standard InChI is InChI=1S/C20H25NO3/c1-14(18-11-10-17(23-5)13-21-18)24-19(22)12-15-6-8-16(9-7-15)20(2,3)4/h6-11,13-14H,12H2,1-5H3/t14-/m1/s1. The van der Waals surface area contributed by atoms with Crippen LogP contribution in [0.3, 0.4) is 0 Å². The first-order valence-electron chi connectivity index (χ1n) is 8.08. The molecule has 0 saturated heterocycles. The number of benzene rings is 1. The van der Waals surface area contributed by atoms with Crippen LogP contribution in [0.15, 0.2) is 42.6 Å². The Bertz CT molecular complexity index is 670. The van der Waals surface area contributed by atoms with Gasteiger partial charge in [0.2, 0.25) is 0 Å². The largest absolute Gasteiger partial charge is 0.495 e. The second-order valence-electron chi connectivity index (χ2n) is 6.88. The number of ether oxygens (including phenoxy) is 2. The lowest BCUT2D eigenvalue weighted by molar-refractivity contribution is -0.147. The van der Waals surface area contributed by atoms with E-state index in [2.05, 4.69) is 37.9 Å². The van der Waals surface area contributed by atoms with Crippen LogP contribution in [-0.2, 0) is 21.4 Å². The lowest BCUT2D eigenvalue weighted by Gasteiger charge is -2.19. The van der Waals surface area contributed by atoms with Crippen molar-refractivity contribution in [3.05, 3.63) is 59.4 Å². The van der Waals surface area contributed by atoms with Crippen LogP contribution in [0.1, 0.15) is 50.6 Å². The molecule has 0 fully saturated rings. The summed E-state index contributed by atoms with van der Waals surface area (Å²) in [7, 11) is 1.59. The normalized spacial score (nSPS) is 12.5. The summed E-state index contributed by atoms with van der Waals surface area (Å²) in [5.74, 6) is 0.417. The number of hydrogen-bond donors (Lipinski definition) is 0. The van der Waals surface area contributed by atoms with Crippen molar-refractivity contribution in [1.29, 1.82) is 0 Å². The zero-order valence-corrected chi connectivity index (χ0v) is 15.0. The first-order valence-corrected chi connectivity index (χ1v) is 8.08. The molecule has 0 N–H and O–H groups in total. The predicted molar refractivity (Wildman–Crippen MR) is 94.1 cm³/mol. The summed E-state index contributed by atoms with van der Waals surface area (Å²) in [6.45, 7) is 8.31. The minimum Gasteiger partial charge on any atom is -0.495 e. The van der Waals surface area contributed by atoms with Gasteiger partial charge >= 0.3 is 5.97 Å². The Kier molecular flexibility index (Phi) is 5.60. The van der Waals surface area contributed by atoms with Crippen molar-refractivity contribution in [2.24, 2.45) is 0 Å². The molecule has 0 aliphatic rings. The number of carbonyl (C=O) groups is 1. The summed E-state index contributed by atoms with van der Waals surface area (Å²) < 4.78 is 10.5. The van der Waals surface area contributed by atoms with Crippen molar-refractivity contribution >= 4 is 5.97 Å². The van der Waals surface area contributed by atoms with Crippen LogP contribution in [0.5, 0.6) is 5.75 Å².